The molecule has 246 valence electrons. The van der Waals surface area contributed by atoms with Crippen LogP contribution in [0.5, 0.6) is 0 Å². The Bertz CT molecular complexity index is 1390. The number of oxime groups is 1. The number of nitrogens with zero attached hydrogens (tertiary/aromatic N) is 1. The molecular weight excluding hydrogens is 645 g/mol. The first-order chi connectivity index (χ1) is 21.2. The maximum absolute atomic E-state index is 13.3. The van der Waals surface area contributed by atoms with Crippen molar-refractivity contribution in [3.63, 3.8) is 0 Å². The van der Waals surface area contributed by atoms with Crippen LogP contribution in [0.3, 0.4) is 0 Å². The van der Waals surface area contributed by atoms with Crippen molar-refractivity contribution in [3.8, 4) is 0 Å². The molecule has 2 unspecified atom stereocenters. The van der Waals surface area contributed by atoms with Crippen LogP contribution in [0.25, 0.3) is 0 Å². The van der Waals surface area contributed by atoms with Crippen LogP contribution in [0.1, 0.15) is 59.9 Å². The summed E-state index contributed by atoms with van der Waals surface area (Å²) >= 11 is 12.4. The Balaban J connectivity index is 1.75. The highest BCUT2D eigenvalue weighted by Gasteiger charge is 2.37. The smallest absolute Gasteiger partial charge is 0.399 e. The number of nitrogens with one attached hydrogen (secondary N) is 1. The van der Waals surface area contributed by atoms with E-state index in [1.165, 1.54) is 7.11 Å². The Labute approximate surface area is 268 Å². The lowest BCUT2D eigenvalue weighted by Gasteiger charge is -2.28. The molecule has 0 heterocycles. The Morgan fingerprint density at radius 1 is 0.867 bits per heavy atom. The standard InChI is InChI=1S/C32H34Cl2F6N2O3/c1-3-30(43,23-7-5-4-6-8-23)12-14-41-13-11-26(22-9-10-27(33)28(34)17-22)29(42-44-2)20-45-19-21-15-24(31(35,36)37)18-25(16-21)32(38,39)40/h4-10,15-18,26,41,43H,3,11-14,19-20H2,1-2H3/b42-29+. The van der Waals surface area contributed by atoms with Gasteiger partial charge in [-0.3, -0.25) is 0 Å². The van der Waals surface area contributed by atoms with Crippen LogP contribution in [0.2, 0.25) is 10.0 Å². The fourth-order valence-corrected chi connectivity index (χ4v) is 5.19. The molecule has 0 spiro atoms. The summed E-state index contributed by atoms with van der Waals surface area (Å²) in [6, 6.07) is 15.7. The Morgan fingerprint density at radius 3 is 2.07 bits per heavy atom. The lowest BCUT2D eigenvalue weighted by atomic mass is 9.88. The zero-order valence-electron chi connectivity index (χ0n) is 24.6. The maximum Gasteiger partial charge on any atom is 0.416 e. The molecule has 3 aromatic rings. The van der Waals surface area contributed by atoms with Crippen LogP contribution in [0.4, 0.5) is 26.3 Å². The van der Waals surface area contributed by atoms with Gasteiger partial charge in [0.1, 0.15) is 7.11 Å². The van der Waals surface area contributed by atoms with E-state index >= 15 is 0 Å². The van der Waals surface area contributed by atoms with Gasteiger partial charge in [-0.05, 0) is 79.4 Å². The molecule has 0 saturated carbocycles. The minimum atomic E-state index is -4.97. The maximum atomic E-state index is 13.3. The molecule has 0 aliphatic carbocycles. The molecule has 45 heavy (non-hydrogen) atoms. The molecular formula is C32H34Cl2F6N2O3. The van der Waals surface area contributed by atoms with Crippen LogP contribution in [0, 0.1) is 0 Å². The third-order valence-electron chi connectivity index (χ3n) is 7.34. The first-order valence-electron chi connectivity index (χ1n) is 14.1. The summed E-state index contributed by atoms with van der Waals surface area (Å²) in [6.45, 7) is 2.03. The Hall–Kier alpha value is -2.83. The second-order valence-electron chi connectivity index (χ2n) is 10.4. The van der Waals surface area contributed by atoms with E-state index in [1.807, 2.05) is 37.3 Å². The molecule has 3 aromatic carbocycles. The average molecular weight is 680 g/mol. The molecule has 0 aliphatic rings. The second kappa shape index (κ2) is 16.1. The number of hydrogen-bond acceptors (Lipinski definition) is 5. The summed E-state index contributed by atoms with van der Waals surface area (Å²) in [4.78, 5) is 5.02. The van der Waals surface area contributed by atoms with Crippen molar-refractivity contribution in [1.29, 1.82) is 0 Å². The van der Waals surface area contributed by atoms with Gasteiger partial charge in [-0.1, -0.05) is 71.7 Å². The van der Waals surface area contributed by atoms with Crippen LogP contribution < -0.4 is 5.32 Å². The molecule has 0 saturated heterocycles. The molecule has 5 nitrogen and oxygen atoms in total. The summed E-state index contributed by atoms with van der Waals surface area (Å²) in [5.41, 5.74) is -2.33. The summed E-state index contributed by atoms with van der Waals surface area (Å²) in [6.07, 6.45) is -8.55. The fourth-order valence-electron chi connectivity index (χ4n) is 4.88. The molecule has 2 atom stereocenters. The van der Waals surface area contributed by atoms with E-state index in [4.69, 9.17) is 32.8 Å². The number of ether oxygens (including phenoxy) is 1. The van der Waals surface area contributed by atoms with E-state index in [2.05, 4.69) is 10.5 Å². The summed E-state index contributed by atoms with van der Waals surface area (Å²) in [5.74, 6) is -0.473. The van der Waals surface area contributed by atoms with Gasteiger partial charge >= 0.3 is 12.4 Å². The number of benzene rings is 3. The van der Waals surface area contributed by atoms with E-state index in [0.29, 0.717) is 60.8 Å². The lowest BCUT2D eigenvalue weighted by molar-refractivity contribution is -0.143. The van der Waals surface area contributed by atoms with E-state index in [0.717, 1.165) is 5.56 Å². The van der Waals surface area contributed by atoms with Gasteiger partial charge in [0.15, 0.2) is 0 Å². The Morgan fingerprint density at radius 2 is 1.51 bits per heavy atom. The summed E-state index contributed by atoms with van der Waals surface area (Å²) in [5, 5.41) is 19.2. The molecule has 2 N–H and O–H groups in total. The quantitative estimate of drug-likeness (QED) is 0.0729. The van der Waals surface area contributed by atoms with Crippen LogP contribution in [-0.2, 0) is 34.1 Å². The van der Waals surface area contributed by atoms with Crippen molar-refractivity contribution in [2.24, 2.45) is 5.16 Å². The molecule has 0 bridgehead atoms. The highest BCUT2D eigenvalue weighted by atomic mass is 35.5. The van der Waals surface area contributed by atoms with Crippen molar-refractivity contribution < 1.29 is 41.0 Å². The Kier molecular flexibility index (Phi) is 13.1. The van der Waals surface area contributed by atoms with Crippen molar-refractivity contribution in [3.05, 3.63) is 105 Å². The molecule has 13 heteroatoms. The molecule has 0 aliphatic heterocycles. The van der Waals surface area contributed by atoms with Gasteiger partial charge in [-0.25, -0.2) is 0 Å². The number of halogens is 8. The van der Waals surface area contributed by atoms with Crippen LogP contribution >= 0.6 is 23.2 Å². The SMILES string of the molecule is CCC(O)(CCNCCC(/C(COCc1cc(C(F)(F)F)cc(C(F)(F)F)c1)=N/OC)c1ccc(Cl)c(Cl)c1)c1ccccc1. The average Bonchev–Trinajstić information content (AvgIpc) is 2.99. The van der Waals surface area contributed by atoms with Crippen LogP contribution in [-0.4, -0.2) is 37.6 Å². The minimum Gasteiger partial charge on any atom is -0.399 e. The monoisotopic (exact) mass is 678 g/mol. The number of aliphatic hydroxyl groups is 1. The van der Waals surface area contributed by atoms with Gasteiger partial charge < -0.3 is 20.0 Å². The zero-order chi connectivity index (χ0) is 33.3. The molecule has 0 fully saturated rings. The number of alkyl halides is 6. The van der Waals surface area contributed by atoms with E-state index in [-0.39, 0.29) is 23.3 Å². The normalized spacial score (nSPS) is 14.7. The van der Waals surface area contributed by atoms with E-state index in [1.54, 1.807) is 18.2 Å². The minimum absolute atomic E-state index is 0.0653. The third kappa shape index (κ3) is 10.6. The van der Waals surface area contributed by atoms with Crippen molar-refractivity contribution in [1.82, 2.24) is 5.32 Å². The van der Waals surface area contributed by atoms with Crippen molar-refractivity contribution in [2.45, 2.75) is 56.7 Å². The summed E-state index contributed by atoms with van der Waals surface area (Å²) in [7, 11) is 1.31. The second-order valence-corrected chi connectivity index (χ2v) is 11.3. The van der Waals surface area contributed by atoms with Gasteiger partial charge in [0, 0.05) is 5.92 Å². The molecule has 0 aromatic heterocycles. The first kappa shape index (κ1) is 36.6. The predicted octanol–water partition coefficient (Wildman–Crippen LogP) is 9.00. The molecule has 0 amide bonds. The zero-order valence-corrected chi connectivity index (χ0v) is 26.1. The van der Waals surface area contributed by atoms with Gasteiger partial charge in [-0.2, -0.15) is 26.3 Å². The number of rotatable bonds is 15. The largest absolute Gasteiger partial charge is 0.416 e. The highest BCUT2D eigenvalue weighted by Crippen LogP contribution is 2.37. The third-order valence-corrected chi connectivity index (χ3v) is 8.08. The van der Waals surface area contributed by atoms with Gasteiger partial charge in [0.2, 0.25) is 0 Å². The molecule has 3 rings (SSSR count). The van der Waals surface area contributed by atoms with E-state index < -0.39 is 41.6 Å². The topological polar surface area (TPSA) is 63.1 Å². The van der Waals surface area contributed by atoms with Gasteiger partial charge in [0.05, 0.1) is 45.7 Å². The van der Waals surface area contributed by atoms with Crippen LogP contribution in [0.15, 0.2) is 71.9 Å². The fraction of sp³-hybridized carbons (Fsp3) is 0.406. The van der Waals surface area contributed by atoms with Gasteiger partial charge in [-0.15, -0.1) is 0 Å². The lowest BCUT2D eigenvalue weighted by Crippen LogP contribution is -2.31. The van der Waals surface area contributed by atoms with Crippen molar-refractivity contribution in [2.75, 3.05) is 26.8 Å². The summed E-state index contributed by atoms with van der Waals surface area (Å²) < 4.78 is 85.4. The van der Waals surface area contributed by atoms with E-state index in [9.17, 15) is 31.4 Å². The van der Waals surface area contributed by atoms with Crippen molar-refractivity contribution >= 4 is 28.9 Å². The number of hydrogen-bond donors (Lipinski definition) is 2. The first-order valence-corrected chi connectivity index (χ1v) is 14.8. The highest BCUT2D eigenvalue weighted by molar-refractivity contribution is 6.42. The predicted molar refractivity (Wildman–Crippen MR) is 162 cm³/mol. The molecule has 0 radical (unpaired) electrons. The van der Waals surface area contributed by atoms with Gasteiger partial charge in [0.25, 0.3) is 0 Å².